The number of hydrogen-bond donors (Lipinski definition) is 1. The van der Waals surface area contributed by atoms with Gasteiger partial charge in [0.15, 0.2) is 0 Å². The summed E-state index contributed by atoms with van der Waals surface area (Å²) in [5.41, 5.74) is 7.55. The fourth-order valence-electron chi connectivity index (χ4n) is 3.08. The van der Waals surface area contributed by atoms with Gasteiger partial charge in [0.1, 0.15) is 11.9 Å². The van der Waals surface area contributed by atoms with E-state index in [1.54, 1.807) is 12.1 Å². The molecular formula is C18H20FN3O. The number of anilines is 1. The molecule has 1 aliphatic heterocycles. The van der Waals surface area contributed by atoms with Crippen LogP contribution in [0, 0.1) is 5.82 Å². The average molecular weight is 313 g/mol. The Bertz CT molecular complexity index is 652. The monoisotopic (exact) mass is 313 g/mol. The van der Waals surface area contributed by atoms with Gasteiger partial charge in [-0.2, -0.15) is 0 Å². The highest BCUT2D eigenvalue weighted by Gasteiger charge is 2.28. The van der Waals surface area contributed by atoms with Gasteiger partial charge in [0.05, 0.1) is 0 Å². The van der Waals surface area contributed by atoms with Gasteiger partial charge >= 0.3 is 0 Å². The molecule has 1 saturated heterocycles. The summed E-state index contributed by atoms with van der Waals surface area (Å²) < 4.78 is 13.0. The molecule has 23 heavy (non-hydrogen) atoms. The minimum Gasteiger partial charge on any atom is -0.369 e. The maximum Gasteiger partial charge on any atom is 0.239 e. The minimum absolute atomic E-state index is 0.231. The van der Waals surface area contributed by atoms with Gasteiger partial charge in [-0.15, -0.1) is 0 Å². The Morgan fingerprint density at radius 2 is 1.57 bits per heavy atom. The summed E-state index contributed by atoms with van der Waals surface area (Å²) in [6.07, 6.45) is 0. The molecule has 1 atom stereocenters. The predicted molar refractivity (Wildman–Crippen MR) is 88.6 cm³/mol. The number of halogens is 1. The molecule has 0 aromatic heterocycles. The molecule has 5 heteroatoms. The first-order valence-corrected chi connectivity index (χ1v) is 7.74. The summed E-state index contributed by atoms with van der Waals surface area (Å²) in [7, 11) is 0. The topological polar surface area (TPSA) is 49.6 Å². The lowest BCUT2D eigenvalue weighted by Crippen LogP contribution is -2.50. The first-order valence-electron chi connectivity index (χ1n) is 7.74. The van der Waals surface area contributed by atoms with Crippen LogP contribution in [0.15, 0.2) is 54.6 Å². The molecule has 0 aliphatic carbocycles. The van der Waals surface area contributed by atoms with Crippen molar-refractivity contribution in [3.63, 3.8) is 0 Å². The van der Waals surface area contributed by atoms with Gasteiger partial charge in [0.25, 0.3) is 0 Å². The van der Waals surface area contributed by atoms with Crippen molar-refractivity contribution in [2.45, 2.75) is 6.04 Å². The molecule has 0 bridgehead atoms. The average Bonchev–Trinajstić information content (AvgIpc) is 2.57. The third-order valence-corrected chi connectivity index (χ3v) is 4.26. The molecule has 0 saturated carbocycles. The number of piperazine rings is 1. The molecular weight excluding hydrogens is 293 g/mol. The van der Waals surface area contributed by atoms with Gasteiger partial charge in [-0.1, -0.05) is 30.3 Å². The van der Waals surface area contributed by atoms with E-state index in [1.165, 1.54) is 12.1 Å². The molecule has 0 spiro atoms. The van der Waals surface area contributed by atoms with Gasteiger partial charge < -0.3 is 10.6 Å². The standard InChI is InChI=1S/C18H20FN3O/c19-15-6-8-16(9-7-15)21-10-12-22(13-11-21)17(18(20)23)14-4-2-1-3-5-14/h1-9,17H,10-13H2,(H2,20,23). The lowest BCUT2D eigenvalue weighted by Gasteiger charge is -2.39. The van der Waals surface area contributed by atoms with Crippen molar-refractivity contribution in [3.05, 3.63) is 66.0 Å². The van der Waals surface area contributed by atoms with Gasteiger partial charge in [-0.05, 0) is 29.8 Å². The van der Waals surface area contributed by atoms with E-state index in [9.17, 15) is 9.18 Å². The SMILES string of the molecule is NC(=O)C(c1ccccc1)N1CCN(c2ccc(F)cc2)CC1. The Labute approximate surface area is 135 Å². The number of rotatable bonds is 4. The van der Waals surface area contributed by atoms with Crippen molar-refractivity contribution in [3.8, 4) is 0 Å². The zero-order valence-electron chi connectivity index (χ0n) is 12.9. The van der Waals surface area contributed by atoms with E-state index in [2.05, 4.69) is 9.80 Å². The Kier molecular flexibility index (Phi) is 4.57. The van der Waals surface area contributed by atoms with Crippen molar-refractivity contribution in [1.82, 2.24) is 4.90 Å². The predicted octanol–water partition coefficient (Wildman–Crippen LogP) is 2.17. The maximum absolute atomic E-state index is 13.0. The molecule has 1 heterocycles. The van der Waals surface area contributed by atoms with Crippen LogP contribution < -0.4 is 10.6 Å². The second-order valence-corrected chi connectivity index (χ2v) is 5.72. The van der Waals surface area contributed by atoms with Crippen LogP contribution in [0.2, 0.25) is 0 Å². The molecule has 3 rings (SSSR count). The second kappa shape index (κ2) is 6.79. The van der Waals surface area contributed by atoms with Crippen LogP contribution in [-0.4, -0.2) is 37.0 Å². The maximum atomic E-state index is 13.0. The van der Waals surface area contributed by atoms with E-state index in [-0.39, 0.29) is 11.7 Å². The van der Waals surface area contributed by atoms with E-state index < -0.39 is 6.04 Å². The van der Waals surface area contributed by atoms with Crippen LogP contribution in [0.1, 0.15) is 11.6 Å². The summed E-state index contributed by atoms with van der Waals surface area (Å²) in [6, 6.07) is 15.7. The van der Waals surface area contributed by atoms with E-state index >= 15 is 0 Å². The van der Waals surface area contributed by atoms with Crippen LogP contribution in [0.25, 0.3) is 0 Å². The number of nitrogens with zero attached hydrogens (tertiary/aromatic N) is 2. The van der Waals surface area contributed by atoms with E-state index in [4.69, 9.17) is 5.73 Å². The summed E-state index contributed by atoms with van der Waals surface area (Å²) in [4.78, 5) is 16.2. The number of nitrogens with two attached hydrogens (primary N) is 1. The van der Waals surface area contributed by atoms with Crippen LogP contribution in [-0.2, 0) is 4.79 Å². The number of amides is 1. The molecule has 1 aliphatic rings. The molecule has 2 aromatic rings. The Hall–Kier alpha value is -2.40. The van der Waals surface area contributed by atoms with Gasteiger partial charge in [-0.25, -0.2) is 4.39 Å². The number of primary amides is 1. The molecule has 120 valence electrons. The van der Waals surface area contributed by atoms with Gasteiger partial charge in [0, 0.05) is 31.9 Å². The zero-order valence-corrected chi connectivity index (χ0v) is 12.9. The van der Waals surface area contributed by atoms with Gasteiger partial charge in [0.2, 0.25) is 5.91 Å². The molecule has 4 nitrogen and oxygen atoms in total. The summed E-state index contributed by atoms with van der Waals surface area (Å²) >= 11 is 0. The first kappa shape index (κ1) is 15.5. The van der Waals surface area contributed by atoms with Crippen LogP contribution in [0.5, 0.6) is 0 Å². The Balaban J connectivity index is 1.69. The van der Waals surface area contributed by atoms with Gasteiger partial charge in [-0.3, -0.25) is 9.69 Å². The smallest absolute Gasteiger partial charge is 0.239 e. The normalized spacial score (nSPS) is 17.0. The fraction of sp³-hybridized carbons (Fsp3) is 0.278. The summed E-state index contributed by atoms with van der Waals surface area (Å²) in [5, 5.41) is 0. The number of carbonyl (C=O) groups excluding carboxylic acids is 1. The molecule has 2 N–H and O–H groups in total. The third-order valence-electron chi connectivity index (χ3n) is 4.26. The van der Waals surface area contributed by atoms with Crippen molar-refractivity contribution in [2.24, 2.45) is 5.73 Å². The number of carbonyl (C=O) groups is 1. The number of hydrogen-bond acceptors (Lipinski definition) is 3. The second-order valence-electron chi connectivity index (χ2n) is 5.72. The van der Waals surface area contributed by atoms with Crippen molar-refractivity contribution in [1.29, 1.82) is 0 Å². The zero-order chi connectivity index (χ0) is 16.2. The van der Waals surface area contributed by atoms with Crippen molar-refractivity contribution in [2.75, 3.05) is 31.1 Å². The lowest BCUT2D eigenvalue weighted by molar-refractivity contribution is -0.123. The van der Waals surface area contributed by atoms with Crippen molar-refractivity contribution >= 4 is 11.6 Å². The van der Waals surface area contributed by atoms with Crippen molar-refractivity contribution < 1.29 is 9.18 Å². The summed E-state index contributed by atoms with van der Waals surface area (Å²) in [6.45, 7) is 3.03. The third kappa shape index (κ3) is 3.51. The first-order chi connectivity index (χ1) is 11.1. The molecule has 1 unspecified atom stereocenters. The molecule has 1 amide bonds. The fourth-order valence-corrected chi connectivity index (χ4v) is 3.08. The van der Waals surface area contributed by atoms with Crippen LogP contribution in [0.4, 0.5) is 10.1 Å². The Morgan fingerprint density at radius 3 is 2.13 bits per heavy atom. The highest BCUT2D eigenvalue weighted by molar-refractivity contribution is 5.81. The molecule has 1 fully saturated rings. The molecule has 0 radical (unpaired) electrons. The number of benzene rings is 2. The lowest BCUT2D eigenvalue weighted by atomic mass is 10.0. The quantitative estimate of drug-likeness (QED) is 0.941. The van der Waals surface area contributed by atoms with E-state index in [0.29, 0.717) is 0 Å². The minimum atomic E-state index is -0.397. The van der Waals surface area contributed by atoms with E-state index in [0.717, 1.165) is 37.4 Å². The molecule has 2 aromatic carbocycles. The largest absolute Gasteiger partial charge is 0.369 e. The van der Waals surface area contributed by atoms with Crippen LogP contribution >= 0.6 is 0 Å². The highest BCUT2D eigenvalue weighted by atomic mass is 19.1. The summed E-state index contributed by atoms with van der Waals surface area (Å²) in [5.74, 6) is -0.559. The van der Waals surface area contributed by atoms with Crippen LogP contribution in [0.3, 0.4) is 0 Å². The van der Waals surface area contributed by atoms with E-state index in [1.807, 2.05) is 30.3 Å². The Morgan fingerprint density at radius 1 is 0.957 bits per heavy atom. The highest BCUT2D eigenvalue weighted by Crippen LogP contribution is 2.24.